The van der Waals surface area contributed by atoms with Crippen LogP contribution in [0.3, 0.4) is 0 Å². The largest absolute Gasteiger partial charge is 0.469 e. The molecule has 1 atom stereocenters. The number of hydroxylamine groups is 2. The van der Waals surface area contributed by atoms with E-state index in [0.717, 1.165) is 22.8 Å². The Hall–Kier alpha value is -2.35. The lowest BCUT2D eigenvalue weighted by atomic mass is 10.0. The van der Waals surface area contributed by atoms with E-state index in [1.165, 1.54) is 11.2 Å². The number of imide groups is 1. The van der Waals surface area contributed by atoms with Crippen molar-refractivity contribution >= 4 is 17.8 Å². The van der Waals surface area contributed by atoms with Crippen LogP contribution in [0.1, 0.15) is 30.2 Å². The summed E-state index contributed by atoms with van der Waals surface area (Å²) >= 11 is 0. The number of carbonyl (C=O) groups is 3. The Morgan fingerprint density at radius 1 is 1.22 bits per heavy atom. The van der Waals surface area contributed by atoms with Crippen molar-refractivity contribution < 1.29 is 23.6 Å². The van der Waals surface area contributed by atoms with Gasteiger partial charge < -0.3 is 14.2 Å². The molecule has 0 saturated carbocycles. The topological polar surface area (TPSA) is 83.3 Å². The number of carbonyl (C=O) groups excluding carboxylic acids is 3. The summed E-state index contributed by atoms with van der Waals surface area (Å²) in [5, 5.41) is 0.827. The molecule has 2 fully saturated rings. The first-order chi connectivity index (χ1) is 11.2. The van der Waals surface area contributed by atoms with Crippen molar-refractivity contribution in [1.29, 1.82) is 0 Å². The summed E-state index contributed by atoms with van der Waals surface area (Å²) in [6, 6.07) is 0.627. The summed E-state index contributed by atoms with van der Waals surface area (Å²) in [7, 11) is 0. The van der Waals surface area contributed by atoms with E-state index in [4.69, 9.17) is 9.25 Å². The van der Waals surface area contributed by atoms with Gasteiger partial charge in [0.2, 0.25) is 5.91 Å². The maximum absolute atomic E-state index is 12.5. The number of furan rings is 1. The molecule has 0 spiro atoms. The van der Waals surface area contributed by atoms with Crippen LogP contribution in [-0.2, 0) is 20.8 Å². The molecule has 3 aliphatic rings. The molecular weight excluding hydrogens is 302 g/mol. The third-order valence-electron chi connectivity index (χ3n) is 4.57. The van der Waals surface area contributed by atoms with Gasteiger partial charge in [-0.05, 0) is 12.5 Å². The Kier molecular flexibility index (Phi) is 3.33. The Balaban J connectivity index is 1.43. The summed E-state index contributed by atoms with van der Waals surface area (Å²) in [6.45, 7) is 1.65. The van der Waals surface area contributed by atoms with Crippen LogP contribution in [0.4, 0.5) is 4.79 Å². The molecule has 4 amide bonds. The van der Waals surface area contributed by atoms with Crippen LogP contribution in [0.5, 0.6) is 0 Å². The van der Waals surface area contributed by atoms with E-state index in [0.29, 0.717) is 32.5 Å². The highest BCUT2D eigenvalue weighted by molar-refractivity contribution is 6.03. The minimum Gasteiger partial charge on any atom is -0.469 e. The normalized spacial score (nSPS) is 23.7. The molecule has 0 radical (unpaired) electrons. The number of urea groups is 1. The van der Waals surface area contributed by atoms with Gasteiger partial charge in [-0.15, -0.1) is 5.06 Å². The van der Waals surface area contributed by atoms with Crippen LogP contribution >= 0.6 is 0 Å². The maximum Gasteiger partial charge on any atom is 0.352 e. The molecule has 1 unspecified atom stereocenters. The van der Waals surface area contributed by atoms with E-state index < -0.39 is 18.0 Å². The molecule has 122 valence electrons. The summed E-state index contributed by atoms with van der Waals surface area (Å²) < 4.78 is 5.35. The Morgan fingerprint density at radius 2 is 2.09 bits per heavy atom. The fraction of sp³-hybridized carbons (Fsp3) is 0.533. The monoisotopic (exact) mass is 319 g/mol. The number of rotatable bonds is 4. The van der Waals surface area contributed by atoms with Crippen LogP contribution in [0.15, 0.2) is 16.7 Å². The molecule has 23 heavy (non-hydrogen) atoms. The molecule has 3 aliphatic heterocycles. The van der Waals surface area contributed by atoms with E-state index in [-0.39, 0.29) is 12.5 Å². The van der Waals surface area contributed by atoms with Gasteiger partial charge >= 0.3 is 6.03 Å². The fourth-order valence-electron chi connectivity index (χ4n) is 3.41. The number of hydrogen-bond acceptors (Lipinski definition) is 5. The molecule has 1 aromatic rings. The Labute approximate surface area is 132 Å². The molecule has 0 N–H and O–H groups in total. The van der Waals surface area contributed by atoms with Crippen molar-refractivity contribution in [1.82, 2.24) is 14.9 Å². The van der Waals surface area contributed by atoms with Gasteiger partial charge in [-0.1, -0.05) is 0 Å². The first-order valence-corrected chi connectivity index (χ1v) is 7.78. The second-order valence-corrected chi connectivity index (χ2v) is 5.88. The third-order valence-corrected chi connectivity index (χ3v) is 4.57. The maximum atomic E-state index is 12.5. The van der Waals surface area contributed by atoms with E-state index in [2.05, 4.69) is 0 Å². The lowest BCUT2D eigenvalue weighted by Crippen LogP contribution is -2.37. The first kappa shape index (κ1) is 14.3. The summed E-state index contributed by atoms with van der Waals surface area (Å²) in [5.74, 6) is 0.440. The van der Waals surface area contributed by atoms with E-state index in [9.17, 15) is 14.4 Å². The highest BCUT2D eigenvalue weighted by Crippen LogP contribution is 2.37. The highest BCUT2D eigenvalue weighted by atomic mass is 16.7. The molecule has 0 aromatic carbocycles. The van der Waals surface area contributed by atoms with Gasteiger partial charge in [0.25, 0.3) is 5.91 Å². The molecule has 2 saturated heterocycles. The highest BCUT2D eigenvalue weighted by Gasteiger charge is 2.50. The molecule has 0 aliphatic carbocycles. The van der Waals surface area contributed by atoms with Gasteiger partial charge in [0.1, 0.15) is 11.8 Å². The standard InChI is InChI=1S/C15H17N3O5/c19-12-2-1-5-16(12)7-9-23-18-14(20)13-10-4-8-22-11(10)3-6-17(13)15(18)21/h4,8,13H,1-3,5-7,9H2. The smallest absolute Gasteiger partial charge is 0.352 e. The molecular formula is C15H17N3O5. The number of fused-ring (bicyclic) bond motifs is 3. The molecule has 1 aromatic heterocycles. The lowest BCUT2D eigenvalue weighted by Gasteiger charge is -2.25. The molecule has 4 heterocycles. The van der Waals surface area contributed by atoms with Gasteiger partial charge in [0.05, 0.1) is 12.9 Å². The lowest BCUT2D eigenvalue weighted by molar-refractivity contribution is -0.165. The minimum atomic E-state index is -0.654. The van der Waals surface area contributed by atoms with Gasteiger partial charge in [-0.25, -0.2) is 4.79 Å². The summed E-state index contributed by atoms with van der Waals surface area (Å²) in [6.07, 6.45) is 3.53. The van der Waals surface area contributed by atoms with Crippen molar-refractivity contribution in [2.75, 3.05) is 26.2 Å². The number of amides is 4. The van der Waals surface area contributed by atoms with Gasteiger partial charge in [0, 0.05) is 38.0 Å². The van der Waals surface area contributed by atoms with Gasteiger partial charge in [0.15, 0.2) is 0 Å². The van der Waals surface area contributed by atoms with Gasteiger partial charge in [-0.3, -0.25) is 14.4 Å². The van der Waals surface area contributed by atoms with E-state index in [1.54, 1.807) is 11.0 Å². The average molecular weight is 319 g/mol. The Bertz CT molecular complexity index is 670. The first-order valence-electron chi connectivity index (χ1n) is 7.78. The van der Waals surface area contributed by atoms with Crippen molar-refractivity contribution in [3.63, 3.8) is 0 Å². The second-order valence-electron chi connectivity index (χ2n) is 5.88. The third kappa shape index (κ3) is 2.21. The van der Waals surface area contributed by atoms with Crippen molar-refractivity contribution in [3.05, 3.63) is 23.7 Å². The molecule has 0 bridgehead atoms. The van der Waals surface area contributed by atoms with Crippen molar-refractivity contribution in [2.45, 2.75) is 25.3 Å². The number of hydrogen-bond donors (Lipinski definition) is 0. The molecule has 8 heteroatoms. The minimum absolute atomic E-state index is 0.0909. The molecule has 4 rings (SSSR count). The van der Waals surface area contributed by atoms with Crippen LogP contribution < -0.4 is 0 Å². The van der Waals surface area contributed by atoms with Crippen LogP contribution in [0.25, 0.3) is 0 Å². The van der Waals surface area contributed by atoms with Crippen LogP contribution in [-0.4, -0.2) is 58.9 Å². The average Bonchev–Trinajstić information content (AvgIpc) is 3.22. The van der Waals surface area contributed by atoms with E-state index >= 15 is 0 Å². The fourth-order valence-corrected chi connectivity index (χ4v) is 3.41. The van der Waals surface area contributed by atoms with Gasteiger partial charge in [-0.2, -0.15) is 0 Å². The summed E-state index contributed by atoms with van der Waals surface area (Å²) in [5.41, 5.74) is 0.732. The van der Waals surface area contributed by atoms with E-state index in [1.807, 2.05) is 0 Å². The predicted molar refractivity (Wildman–Crippen MR) is 75.9 cm³/mol. The zero-order valence-electron chi connectivity index (χ0n) is 12.6. The number of nitrogens with zero attached hydrogens (tertiary/aromatic N) is 3. The van der Waals surface area contributed by atoms with Crippen molar-refractivity contribution in [3.8, 4) is 0 Å². The van der Waals surface area contributed by atoms with Crippen molar-refractivity contribution in [2.24, 2.45) is 0 Å². The predicted octanol–water partition coefficient (Wildman–Crippen LogP) is 0.695. The number of likely N-dealkylation sites (tertiary alicyclic amines) is 1. The zero-order chi connectivity index (χ0) is 16.0. The van der Waals surface area contributed by atoms with Crippen LogP contribution in [0.2, 0.25) is 0 Å². The second kappa shape index (κ2) is 5.38. The quantitative estimate of drug-likeness (QED) is 0.763. The van der Waals surface area contributed by atoms with Crippen LogP contribution in [0, 0.1) is 0 Å². The Morgan fingerprint density at radius 3 is 2.87 bits per heavy atom. The summed E-state index contributed by atoms with van der Waals surface area (Å²) in [4.78, 5) is 45.0. The molecule has 8 nitrogen and oxygen atoms in total. The SMILES string of the molecule is O=C1CCCN1CCON1C(=O)C2c3ccoc3CCN2C1=O. The zero-order valence-corrected chi connectivity index (χ0v) is 12.6.